The summed E-state index contributed by atoms with van der Waals surface area (Å²) in [4.78, 5) is 23.6. The van der Waals surface area contributed by atoms with E-state index < -0.39 is 0 Å². The van der Waals surface area contributed by atoms with Gasteiger partial charge in [-0.1, -0.05) is 13.3 Å². The maximum absolute atomic E-state index is 11.3. The van der Waals surface area contributed by atoms with Crippen LogP contribution in [-0.4, -0.2) is 33.0 Å². The van der Waals surface area contributed by atoms with Crippen molar-refractivity contribution in [3.8, 4) is 0 Å². The Balaban J connectivity index is 0.000000487. The Morgan fingerprint density at radius 1 is 1.31 bits per heavy atom. The Kier molecular flexibility index (Phi) is 7.81. The highest BCUT2D eigenvalue weighted by molar-refractivity contribution is 5.96. The zero-order chi connectivity index (χ0) is 12.6. The second-order valence-corrected chi connectivity index (χ2v) is 4.79. The summed E-state index contributed by atoms with van der Waals surface area (Å²) < 4.78 is 0. The molecule has 1 saturated heterocycles. The van der Waals surface area contributed by atoms with Crippen molar-refractivity contribution in [2.75, 3.05) is 21.1 Å². The Hall–Kier alpha value is -0.900. The maximum atomic E-state index is 11.3. The number of quaternary nitrogens is 1. The van der Waals surface area contributed by atoms with E-state index >= 15 is 0 Å². The fraction of sp³-hybridized carbons (Fsp3) is 0.833. The molecule has 94 valence electrons. The van der Waals surface area contributed by atoms with Crippen molar-refractivity contribution in [2.45, 2.75) is 39.0 Å². The Labute approximate surface area is 98.4 Å². The largest absolute Gasteiger partial charge is 0.342 e. The molecule has 1 aliphatic heterocycles. The molecule has 2 N–H and O–H groups in total. The summed E-state index contributed by atoms with van der Waals surface area (Å²) in [5, 5.41) is 2.40. The number of rotatable bonds is 2. The van der Waals surface area contributed by atoms with Gasteiger partial charge in [-0.15, -0.1) is 0 Å². The standard InChI is InChI=1S/C9H15NO2.C3H9N/c1-2-4-7-5-3-6-8(11)10-9(7)12;1-4(2)3/h7H,2-6H2,1H3,(H,10,11,12);1-3H3/p+1. The molecule has 4 nitrogen and oxygen atoms in total. The molecule has 16 heavy (non-hydrogen) atoms. The van der Waals surface area contributed by atoms with Gasteiger partial charge >= 0.3 is 0 Å². The van der Waals surface area contributed by atoms with Crippen LogP contribution in [0.25, 0.3) is 0 Å². The molecule has 1 heterocycles. The monoisotopic (exact) mass is 229 g/mol. The minimum Gasteiger partial charge on any atom is -0.342 e. The predicted octanol–water partition coefficient (Wildman–Crippen LogP) is -0.00990. The number of amides is 2. The normalized spacial score (nSPS) is 20.9. The fourth-order valence-electron chi connectivity index (χ4n) is 1.57. The van der Waals surface area contributed by atoms with Crippen molar-refractivity contribution in [3.63, 3.8) is 0 Å². The van der Waals surface area contributed by atoms with E-state index in [-0.39, 0.29) is 17.7 Å². The zero-order valence-electron chi connectivity index (χ0n) is 10.9. The van der Waals surface area contributed by atoms with Crippen molar-refractivity contribution in [2.24, 2.45) is 5.92 Å². The van der Waals surface area contributed by atoms with Gasteiger partial charge in [-0.3, -0.25) is 14.9 Å². The molecule has 0 spiro atoms. The van der Waals surface area contributed by atoms with Gasteiger partial charge < -0.3 is 4.90 Å². The lowest BCUT2D eigenvalue weighted by atomic mass is 9.98. The van der Waals surface area contributed by atoms with E-state index in [0.29, 0.717) is 6.42 Å². The molecule has 0 aromatic heterocycles. The van der Waals surface area contributed by atoms with E-state index in [1.165, 1.54) is 4.90 Å². The predicted molar refractivity (Wildman–Crippen MR) is 64.1 cm³/mol. The third-order valence-electron chi connectivity index (χ3n) is 2.23. The van der Waals surface area contributed by atoms with Gasteiger partial charge in [0.05, 0.1) is 21.1 Å². The summed E-state index contributed by atoms with van der Waals surface area (Å²) in [5.41, 5.74) is 0. The highest BCUT2D eigenvalue weighted by Gasteiger charge is 2.22. The van der Waals surface area contributed by atoms with Gasteiger partial charge in [-0.2, -0.15) is 0 Å². The van der Waals surface area contributed by atoms with Crippen LogP contribution >= 0.6 is 0 Å². The molecule has 0 aromatic rings. The third-order valence-corrected chi connectivity index (χ3v) is 2.23. The first-order chi connectivity index (χ1) is 7.47. The number of hydrogen-bond acceptors (Lipinski definition) is 2. The Bertz CT molecular complexity index is 224. The second kappa shape index (κ2) is 8.28. The summed E-state index contributed by atoms with van der Waals surface area (Å²) in [5.74, 6) is -0.112. The highest BCUT2D eigenvalue weighted by Crippen LogP contribution is 2.17. The van der Waals surface area contributed by atoms with Gasteiger partial charge in [-0.05, 0) is 19.3 Å². The van der Waals surface area contributed by atoms with Crippen LogP contribution in [0.2, 0.25) is 0 Å². The van der Waals surface area contributed by atoms with Crippen LogP contribution in [0.4, 0.5) is 0 Å². The molecule has 0 bridgehead atoms. The molecule has 0 aliphatic carbocycles. The van der Waals surface area contributed by atoms with E-state index in [1.54, 1.807) is 0 Å². The van der Waals surface area contributed by atoms with Crippen LogP contribution in [0.5, 0.6) is 0 Å². The van der Waals surface area contributed by atoms with E-state index in [9.17, 15) is 9.59 Å². The van der Waals surface area contributed by atoms with E-state index in [0.717, 1.165) is 25.7 Å². The molecule has 1 unspecified atom stereocenters. The third kappa shape index (κ3) is 7.40. The summed E-state index contributed by atoms with van der Waals surface area (Å²) in [6, 6.07) is 0. The summed E-state index contributed by atoms with van der Waals surface area (Å²) >= 11 is 0. The smallest absolute Gasteiger partial charge is 0.229 e. The lowest BCUT2D eigenvalue weighted by molar-refractivity contribution is -0.836. The van der Waals surface area contributed by atoms with E-state index in [1.807, 2.05) is 0 Å². The first-order valence-corrected chi connectivity index (χ1v) is 6.07. The van der Waals surface area contributed by atoms with E-state index in [2.05, 4.69) is 33.4 Å². The van der Waals surface area contributed by atoms with Crippen molar-refractivity contribution < 1.29 is 14.5 Å². The van der Waals surface area contributed by atoms with Crippen LogP contribution in [0, 0.1) is 5.92 Å². The number of nitrogens with one attached hydrogen (secondary N) is 2. The molecular formula is C12H25N2O2+. The van der Waals surface area contributed by atoms with Gasteiger partial charge in [0.1, 0.15) is 0 Å². The molecule has 2 amide bonds. The highest BCUT2D eigenvalue weighted by atomic mass is 16.2. The molecular weight excluding hydrogens is 204 g/mol. The number of imide groups is 1. The van der Waals surface area contributed by atoms with Crippen LogP contribution in [0.1, 0.15) is 39.0 Å². The summed E-state index contributed by atoms with van der Waals surface area (Å²) in [6.07, 6.45) is 4.13. The minimum absolute atomic E-state index is 0.0700. The Morgan fingerprint density at radius 3 is 2.38 bits per heavy atom. The van der Waals surface area contributed by atoms with Crippen molar-refractivity contribution in [1.29, 1.82) is 0 Å². The molecule has 1 fully saturated rings. The van der Waals surface area contributed by atoms with Gasteiger partial charge in [-0.25, -0.2) is 0 Å². The zero-order valence-corrected chi connectivity index (χ0v) is 10.9. The van der Waals surface area contributed by atoms with Crippen molar-refractivity contribution in [3.05, 3.63) is 0 Å². The van der Waals surface area contributed by atoms with Crippen molar-refractivity contribution >= 4 is 11.8 Å². The molecule has 0 saturated carbocycles. The molecule has 1 aliphatic rings. The van der Waals surface area contributed by atoms with Crippen LogP contribution in [0.15, 0.2) is 0 Å². The lowest BCUT2D eigenvalue weighted by Gasteiger charge is -2.09. The van der Waals surface area contributed by atoms with Gasteiger partial charge in [0, 0.05) is 12.3 Å². The molecule has 1 rings (SSSR count). The molecule has 4 heteroatoms. The SMILES string of the molecule is CCCC1CCCC(=O)NC1=O.C[NH+](C)C. The minimum atomic E-state index is -0.112. The average molecular weight is 229 g/mol. The van der Waals surface area contributed by atoms with Gasteiger partial charge in [0.15, 0.2) is 0 Å². The fourth-order valence-corrected chi connectivity index (χ4v) is 1.57. The second-order valence-electron chi connectivity index (χ2n) is 4.79. The number of hydrogen-bond donors (Lipinski definition) is 2. The van der Waals surface area contributed by atoms with Crippen molar-refractivity contribution in [1.82, 2.24) is 5.32 Å². The summed E-state index contributed by atoms with van der Waals surface area (Å²) in [6.45, 7) is 2.06. The summed E-state index contributed by atoms with van der Waals surface area (Å²) in [7, 11) is 6.25. The Morgan fingerprint density at radius 2 is 1.88 bits per heavy atom. The van der Waals surface area contributed by atoms with Gasteiger partial charge in [0.25, 0.3) is 0 Å². The molecule has 1 atom stereocenters. The molecule has 0 aromatic carbocycles. The number of carbonyl (C=O) groups is 2. The van der Waals surface area contributed by atoms with Gasteiger partial charge in [0.2, 0.25) is 11.8 Å². The van der Waals surface area contributed by atoms with Crippen LogP contribution in [-0.2, 0) is 9.59 Å². The first kappa shape index (κ1) is 15.1. The topological polar surface area (TPSA) is 50.6 Å². The maximum Gasteiger partial charge on any atom is 0.229 e. The van der Waals surface area contributed by atoms with E-state index in [4.69, 9.17) is 0 Å². The quantitative estimate of drug-likeness (QED) is 0.654. The first-order valence-electron chi connectivity index (χ1n) is 6.07. The molecule has 0 radical (unpaired) electrons. The number of carbonyl (C=O) groups excluding carboxylic acids is 2. The lowest BCUT2D eigenvalue weighted by Crippen LogP contribution is -3.02. The average Bonchev–Trinajstić information content (AvgIpc) is 2.28. The van der Waals surface area contributed by atoms with Crippen LogP contribution < -0.4 is 10.2 Å². The van der Waals surface area contributed by atoms with Crippen LogP contribution in [0.3, 0.4) is 0 Å².